The van der Waals surface area contributed by atoms with Gasteiger partial charge in [-0.25, -0.2) is 8.42 Å². The highest BCUT2D eigenvalue weighted by atomic mass is 35.5. The number of carbonyl (C=O) groups is 1. The molecule has 23 heavy (non-hydrogen) atoms. The van der Waals surface area contributed by atoms with Crippen molar-refractivity contribution in [1.29, 1.82) is 0 Å². The van der Waals surface area contributed by atoms with E-state index in [0.717, 1.165) is 0 Å². The maximum Gasteiger partial charge on any atom is 0.255 e. The second kappa shape index (κ2) is 6.22. The van der Waals surface area contributed by atoms with E-state index in [9.17, 15) is 13.2 Å². The van der Waals surface area contributed by atoms with E-state index in [-0.39, 0.29) is 11.7 Å². The van der Waals surface area contributed by atoms with Gasteiger partial charge in [-0.05, 0) is 36.8 Å². The molecule has 2 aromatic rings. The summed E-state index contributed by atoms with van der Waals surface area (Å²) < 4.78 is 25.4. The largest absolute Gasteiger partial charge is 0.321 e. The number of halogens is 1. The summed E-state index contributed by atoms with van der Waals surface area (Å²) in [5.74, 6) is -0.157. The number of hydrogen-bond acceptors (Lipinski definition) is 3. The van der Waals surface area contributed by atoms with Crippen LogP contribution in [0.25, 0.3) is 0 Å². The first-order chi connectivity index (χ1) is 11.0. The van der Waals surface area contributed by atoms with Gasteiger partial charge in [-0.1, -0.05) is 29.8 Å². The normalized spacial score (nSPS) is 16.3. The fourth-order valence-corrected chi connectivity index (χ4v) is 4.20. The molecule has 1 saturated heterocycles. The molecular weight excluding hydrogens is 336 g/mol. The van der Waals surface area contributed by atoms with Gasteiger partial charge in [-0.2, -0.15) is 0 Å². The molecule has 0 radical (unpaired) electrons. The van der Waals surface area contributed by atoms with E-state index in [1.807, 2.05) is 6.07 Å². The van der Waals surface area contributed by atoms with Crippen molar-refractivity contribution in [3.63, 3.8) is 0 Å². The van der Waals surface area contributed by atoms with E-state index < -0.39 is 10.0 Å². The van der Waals surface area contributed by atoms with E-state index in [4.69, 9.17) is 11.6 Å². The molecule has 1 aliphatic heterocycles. The van der Waals surface area contributed by atoms with Crippen LogP contribution in [-0.4, -0.2) is 26.6 Å². The molecule has 7 heteroatoms. The summed E-state index contributed by atoms with van der Waals surface area (Å²) in [6, 6.07) is 13.6. The number of hydrogen-bond donors (Lipinski definition) is 1. The van der Waals surface area contributed by atoms with E-state index in [0.29, 0.717) is 34.9 Å². The van der Waals surface area contributed by atoms with Crippen LogP contribution in [0.2, 0.25) is 5.02 Å². The molecule has 1 fully saturated rings. The topological polar surface area (TPSA) is 66.5 Å². The summed E-state index contributed by atoms with van der Waals surface area (Å²) in [5, 5.41) is 3.08. The van der Waals surface area contributed by atoms with Crippen LogP contribution < -0.4 is 9.62 Å². The van der Waals surface area contributed by atoms with Gasteiger partial charge < -0.3 is 5.32 Å². The van der Waals surface area contributed by atoms with Gasteiger partial charge in [0.25, 0.3) is 5.91 Å². The van der Waals surface area contributed by atoms with Crippen LogP contribution in [0.5, 0.6) is 0 Å². The number of anilines is 2. The van der Waals surface area contributed by atoms with Crippen molar-refractivity contribution < 1.29 is 13.2 Å². The van der Waals surface area contributed by atoms with Crippen molar-refractivity contribution >= 4 is 38.9 Å². The Morgan fingerprint density at radius 1 is 1.13 bits per heavy atom. The van der Waals surface area contributed by atoms with Gasteiger partial charge in [0.15, 0.2) is 0 Å². The first-order valence-corrected chi connectivity index (χ1v) is 9.12. The first kappa shape index (κ1) is 15.8. The van der Waals surface area contributed by atoms with E-state index >= 15 is 0 Å². The van der Waals surface area contributed by atoms with Crippen LogP contribution in [0.15, 0.2) is 48.5 Å². The lowest BCUT2D eigenvalue weighted by Gasteiger charge is -2.18. The molecule has 0 unspecified atom stereocenters. The second-order valence-corrected chi connectivity index (χ2v) is 7.65. The Hall–Kier alpha value is -2.05. The number of nitrogens with zero attached hydrogens (tertiary/aromatic N) is 1. The lowest BCUT2D eigenvalue weighted by atomic mass is 10.2. The Kier molecular flexibility index (Phi) is 4.28. The van der Waals surface area contributed by atoms with Gasteiger partial charge in [0, 0.05) is 12.1 Å². The molecule has 0 atom stereocenters. The van der Waals surface area contributed by atoms with Gasteiger partial charge in [0.1, 0.15) is 0 Å². The van der Waals surface area contributed by atoms with E-state index in [1.165, 1.54) is 4.31 Å². The fraction of sp³-hybridized carbons (Fsp3) is 0.188. The van der Waals surface area contributed by atoms with Crippen LogP contribution in [0.1, 0.15) is 16.8 Å². The minimum Gasteiger partial charge on any atom is -0.321 e. The summed E-state index contributed by atoms with van der Waals surface area (Å²) in [4.78, 5) is 12.2. The SMILES string of the molecule is O=C(Nc1cc(N2CCCS2(=O)=O)ccc1Cl)c1ccccc1. The van der Waals surface area contributed by atoms with Gasteiger partial charge >= 0.3 is 0 Å². The van der Waals surface area contributed by atoms with Gasteiger partial charge in [-0.3, -0.25) is 9.10 Å². The number of nitrogens with one attached hydrogen (secondary N) is 1. The van der Waals surface area contributed by atoms with Crippen LogP contribution in [-0.2, 0) is 10.0 Å². The Balaban J connectivity index is 1.88. The third-order valence-electron chi connectivity index (χ3n) is 3.62. The number of carbonyl (C=O) groups excluding carboxylic acids is 1. The summed E-state index contributed by atoms with van der Waals surface area (Å²) in [5.41, 5.74) is 1.40. The smallest absolute Gasteiger partial charge is 0.255 e. The molecule has 3 rings (SSSR count). The molecule has 1 heterocycles. The maximum absolute atomic E-state index is 12.2. The second-order valence-electron chi connectivity index (χ2n) is 5.23. The van der Waals surface area contributed by atoms with E-state index in [1.54, 1.807) is 42.5 Å². The highest BCUT2D eigenvalue weighted by Gasteiger charge is 2.28. The summed E-state index contributed by atoms with van der Waals surface area (Å²) in [6.45, 7) is 0.441. The summed E-state index contributed by atoms with van der Waals surface area (Å²) in [6.07, 6.45) is 0.594. The average Bonchev–Trinajstić information content (AvgIpc) is 2.90. The molecule has 0 bridgehead atoms. The summed E-state index contributed by atoms with van der Waals surface area (Å²) >= 11 is 6.12. The molecule has 0 aromatic heterocycles. The molecular formula is C16H15ClN2O3S. The highest BCUT2D eigenvalue weighted by molar-refractivity contribution is 7.93. The zero-order chi connectivity index (χ0) is 16.4. The van der Waals surface area contributed by atoms with Gasteiger partial charge in [0.2, 0.25) is 10.0 Å². The molecule has 1 N–H and O–H groups in total. The number of sulfonamides is 1. The van der Waals surface area contributed by atoms with Crippen LogP contribution >= 0.6 is 11.6 Å². The molecule has 1 amide bonds. The predicted molar refractivity (Wildman–Crippen MR) is 91.6 cm³/mol. The van der Waals surface area contributed by atoms with Gasteiger partial charge in [-0.15, -0.1) is 0 Å². The van der Waals surface area contributed by atoms with Crippen LogP contribution in [0.3, 0.4) is 0 Å². The summed E-state index contributed by atoms with van der Waals surface area (Å²) in [7, 11) is -3.27. The predicted octanol–water partition coefficient (Wildman–Crippen LogP) is 3.13. The highest BCUT2D eigenvalue weighted by Crippen LogP contribution is 2.31. The third-order valence-corrected chi connectivity index (χ3v) is 5.82. The van der Waals surface area contributed by atoms with Crippen molar-refractivity contribution in [1.82, 2.24) is 0 Å². The van der Waals surface area contributed by atoms with E-state index in [2.05, 4.69) is 5.32 Å². The zero-order valence-corrected chi connectivity index (χ0v) is 13.8. The quantitative estimate of drug-likeness (QED) is 0.924. The van der Waals surface area contributed by atoms with Crippen molar-refractivity contribution in [2.45, 2.75) is 6.42 Å². The van der Waals surface area contributed by atoms with Crippen LogP contribution in [0, 0.1) is 0 Å². The van der Waals surface area contributed by atoms with Crippen molar-refractivity contribution in [3.05, 3.63) is 59.1 Å². The molecule has 5 nitrogen and oxygen atoms in total. The third kappa shape index (κ3) is 3.33. The van der Waals surface area contributed by atoms with Crippen molar-refractivity contribution in [3.8, 4) is 0 Å². The lowest BCUT2D eigenvalue weighted by Crippen LogP contribution is -2.25. The Bertz CT molecular complexity index is 838. The molecule has 0 saturated carbocycles. The fourth-order valence-electron chi connectivity index (χ4n) is 2.48. The van der Waals surface area contributed by atoms with Crippen molar-refractivity contribution in [2.24, 2.45) is 0 Å². The standard InChI is InChI=1S/C16H15ClN2O3S/c17-14-8-7-13(19-9-4-10-23(19,21)22)11-15(14)18-16(20)12-5-2-1-3-6-12/h1-3,5-8,11H,4,9-10H2,(H,18,20). The number of benzene rings is 2. The number of amides is 1. The Morgan fingerprint density at radius 3 is 2.52 bits per heavy atom. The Labute approximate surface area is 139 Å². The minimum absolute atomic E-state index is 0.140. The number of rotatable bonds is 3. The monoisotopic (exact) mass is 350 g/mol. The lowest BCUT2D eigenvalue weighted by molar-refractivity contribution is 0.102. The maximum atomic E-state index is 12.2. The molecule has 1 aliphatic rings. The Morgan fingerprint density at radius 2 is 1.87 bits per heavy atom. The van der Waals surface area contributed by atoms with Crippen LogP contribution in [0.4, 0.5) is 11.4 Å². The molecule has 0 aliphatic carbocycles. The van der Waals surface area contributed by atoms with Gasteiger partial charge in [0.05, 0.1) is 22.2 Å². The minimum atomic E-state index is -3.27. The average molecular weight is 351 g/mol. The van der Waals surface area contributed by atoms with Crippen molar-refractivity contribution in [2.75, 3.05) is 21.9 Å². The molecule has 0 spiro atoms. The molecule has 2 aromatic carbocycles. The zero-order valence-electron chi connectivity index (χ0n) is 12.2. The first-order valence-electron chi connectivity index (χ1n) is 7.14. The molecule has 120 valence electrons.